The Hall–Kier alpha value is -2.75. The number of sulfone groups is 1. The minimum atomic E-state index is -2.92. The van der Waals surface area contributed by atoms with Crippen molar-refractivity contribution in [3.63, 3.8) is 0 Å². The molecule has 1 aromatic carbocycles. The molecule has 5 heterocycles. The van der Waals surface area contributed by atoms with Gasteiger partial charge in [-0.25, -0.2) is 17.9 Å². The Balaban J connectivity index is 1.35. The van der Waals surface area contributed by atoms with E-state index >= 15 is 0 Å². The third kappa shape index (κ3) is 4.23. The summed E-state index contributed by atoms with van der Waals surface area (Å²) in [5, 5.41) is 5.70. The quantitative estimate of drug-likeness (QED) is 0.419. The van der Waals surface area contributed by atoms with Crippen LogP contribution in [0.1, 0.15) is 60.8 Å². The van der Waals surface area contributed by atoms with E-state index in [2.05, 4.69) is 58.2 Å². The van der Waals surface area contributed by atoms with Crippen LogP contribution in [-0.4, -0.2) is 64.5 Å². The molecule has 0 radical (unpaired) electrons. The molecule has 8 nitrogen and oxygen atoms in total. The number of aromatic amines is 1. The van der Waals surface area contributed by atoms with E-state index in [0.29, 0.717) is 31.6 Å². The van der Waals surface area contributed by atoms with Gasteiger partial charge < -0.3 is 14.6 Å². The van der Waals surface area contributed by atoms with Crippen molar-refractivity contribution in [1.82, 2.24) is 24.5 Å². The van der Waals surface area contributed by atoms with E-state index in [4.69, 9.17) is 4.74 Å². The van der Waals surface area contributed by atoms with Crippen LogP contribution in [0.15, 0.2) is 30.7 Å². The second kappa shape index (κ2) is 8.97. The average Bonchev–Trinajstić information content (AvgIpc) is 3.58. The maximum absolute atomic E-state index is 11.5. The first kappa shape index (κ1) is 23.6. The highest BCUT2D eigenvalue weighted by molar-refractivity contribution is 7.90. The number of fused-ring (bicyclic) bond motifs is 4. The predicted octanol–water partition coefficient (Wildman–Crippen LogP) is 4.26. The van der Waals surface area contributed by atoms with Crippen LogP contribution in [0.3, 0.4) is 0 Å². The minimum Gasteiger partial charge on any atom is -0.372 e. The molecule has 1 N–H and O–H groups in total. The standard InChI is InChI=1S/C27H33N5O3S/c1-17(2)25-20-12-19(18-6-8-31(9-7-18)10-11-36(3,33)34)4-5-24(20)30-26(25)21-13-32-27(28-16-29-32)23-15-35-14-22(21)23/h4-5,12-13,16-18,30H,6-11,14-15H2,1-3H3. The van der Waals surface area contributed by atoms with Crippen LogP contribution >= 0.6 is 0 Å². The number of pyridine rings is 1. The SMILES string of the molecule is CC(C)c1c(-c2cn3ncnc3c3c2COC3)[nH]c2ccc(C3CCN(CCS(C)(=O)=O)CC3)cc12. The van der Waals surface area contributed by atoms with Gasteiger partial charge in [0.05, 0.1) is 24.7 Å². The summed E-state index contributed by atoms with van der Waals surface area (Å²) < 4.78 is 30.8. The molecule has 0 aliphatic carbocycles. The third-order valence-corrected chi connectivity index (χ3v) is 8.75. The van der Waals surface area contributed by atoms with Gasteiger partial charge in [0, 0.05) is 41.0 Å². The lowest BCUT2D eigenvalue weighted by atomic mass is 9.87. The fourth-order valence-corrected chi connectivity index (χ4v) is 6.52. The molecule has 0 spiro atoms. The minimum absolute atomic E-state index is 0.239. The molecule has 0 atom stereocenters. The van der Waals surface area contributed by atoms with Crippen molar-refractivity contribution in [1.29, 1.82) is 0 Å². The highest BCUT2D eigenvalue weighted by atomic mass is 32.2. The molecule has 0 amide bonds. The maximum Gasteiger partial charge on any atom is 0.161 e. The molecule has 0 bridgehead atoms. The van der Waals surface area contributed by atoms with Gasteiger partial charge in [-0.2, -0.15) is 5.10 Å². The van der Waals surface area contributed by atoms with Crippen molar-refractivity contribution in [2.45, 2.75) is 51.7 Å². The zero-order valence-electron chi connectivity index (χ0n) is 21.1. The number of nitrogens with zero attached hydrogens (tertiary/aromatic N) is 4. The number of hydrogen-bond donors (Lipinski definition) is 1. The van der Waals surface area contributed by atoms with E-state index in [-0.39, 0.29) is 5.75 Å². The van der Waals surface area contributed by atoms with E-state index in [1.54, 1.807) is 6.33 Å². The van der Waals surface area contributed by atoms with Crippen molar-refractivity contribution in [2.24, 2.45) is 0 Å². The number of H-pyrrole nitrogens is 1. The van der Waals surface area contributed by atoms with Crippen LogP contribution in [-0.2, 0) is 27.8 Å². The lowest BCUT2D eigenvalue weighted by Gasteiger charge is -2.32. The third-order valence-electron chi connectivity index (χ3n) is 7.82. The number of rotatable bonds is 6. The first-order chi connectivity index (χ1) is 17.3. The molecule has 0 saturated carbocycles. The molecule has 9 heteroatoms. The Kier molecular flexibility index (Phi) is 5.89. The molecule has 4 aromatic rings. The lowest BCUT2D eigenvalue weighted by Crippen LogP contribution is -2.36. The lowest BCUT2D eigenvalue weighted by molar-refractivity contribution is 0.135. The average molecular weight is 508 g/mol. The van der Waals surface area contributed by atoms with Gasteiger partial charge in [0.1, 0.15) is 16.2 Å². The van der Waals surface area contributed by atoms with E-state index in [1.807, 2.05) is 4.52 Å². The van der Waals surface area contributed by atoms with Gasteiger partial charge in [0.15, 0.2) is 5.65 Å². The summed E-state index contributed by atoms with van der Waals surface area (Å²) in [5.74, 6) is 1.07. The summed E-state index contributed by atoms with van der Waals surface area (Å²) in [5.41, 5.74) is 9.33. The first-order valence-corrected chi connectivity index (χ1v) is 14.8. The molecule has 2 aliphatic heterocycles. The zero-order chi connectivity index (χ0) is 25.0. The molecular formula is C27H33N5O3S. The molecule has 6 rings (SSSR count). The molecule has 2 aliphatic rings. The van der Waals surface area contributed by atoms with Crippen LogP contribution in [0.5, 0.6) is 0 Å². The topological polar surface area (TPSA) is 92.6 Å². The Morgan fingerprint density at radius 2 is 1.94 bits per heavy atom. The van der Waals surface area contributed by atoms with Crippen molar-refractivity contribution < 1.29 is 13.2 Å². The van der Waals surface area contributed by atoms with Crippen molar-refractivity contribution in [3.05, 3.63) is 53.0 Å². The fourth-order valence-electron chi connectivity index (χ4n) is 5.93. The number of aromatic nitrogens is 4. The maximum atomic E-state index is 11.5. The predicted molar refractivity (Wildman–Crippen MR) is 141 cm³/mol. The van der Waals surface area contributed by atoms with Gasteiger partial charge in [0.2, 0.25) is 0 Å². The molecule has 190 valence electrons. The van der Waals surface area contributed by atoms with Crippen LogP contribution in [0, 0.1) is 0 Å². The van der Waals surface area contributed by atoms with Crippen LogP contribution in [0.4, 0.5) is 0 Å². The highest BCUT2D eigenvalue weighted by Crippen LogP contribution is 2.41. The van der Waals surface area contributed by atoms with Crippen molar-refractivity contribution in [2.75, 3.05) is 31.6 Å². The molecule has 1 saturated heterocycles. The van der Waals surface area contributed by atoms with Gasteiger partial charge in [-0.15, -0.1) is 0 Å². The van der Waals surface area contributed by atoms with E-state index < -0.39 is 9.84 Å². The number of hydrogen-bond acceptors (Lipinski definition) is 6. The summed E-state index contributed by atoms with van der Waals surface area (Å²) in [6.45, 7) is 8.18. The summed E-state index contributed by atoms with van der Waals surface area (Å²) >= 11 is 0. The Morgan fingerprint density at radius 1 is 1.17 bits per heavy atom. The smallest absolute Gasteiger partial charge is 0.161 e. The largest absolute Gasteiger partial charge is 0.372 e. The summed E-state index contributed by atoms with van der Waals surface area (Å²) in [6.07, 6.45) is 7.11. The Bertz CT molecular complexity index is 1540. The number of piperidine rings is 1. The summed E-state index contributed by atoms with van der Waals surface area (Å²) in [4.78, 5) is 10.5. The summed E-state index contributed by atoms with van der Waals surface area (Å²) in [7, 11) is -2.92. The number of ether oxygens (including phenoxy) is 1. The number of likely N-dealkylation sites (tertiary alicyclic amines) is 1. The van der Waals surface area contributed by atoms with E-state index in [9.17, 15) is 8.42 Å². The van der Waals surface area contributed by atoms with Gasteiger partial charge in [0.25, 0.3) is 0 Å². The summed E-state index contributed by atoms with van der Waals surface area (Å²) in [6, 6.07) is 6.87. The Morgan fingerprint density at radius 3 is 2.69 bits per heavy atom. The molecule has 36 heavy (non-hydrogen) atoms. The van der Waals surface area contributed by atoms with Crippen LogP contribution in [0.25, 0.3) is 27.8 Å². The molecular weight excluding hydrogens is 474 g/mol. The highest BCUT2D eigenvalue weighted by Gasteiger charge is 2.27. The molecule has 3 aromatic heterocycles. The first-order valence-electron chi connectivity index (χ1n) is 12.8. The molecule has 0 unspecified atom stereocenters. The van der Waals surface area contributed by atoms with Gasteiger partial charge in [-0.05, 0) is 66.6 Å². The fraction of sp³-hybridized carbons (Fsp3) is 0.481. The van der Waals surface area contributed by atoms with Crippen LogP contribution < -0.4 is 0 Å². The van der Waals surface area contributed by atoms with E-state index in [0.717, 1.165) is 53.9 Å². The second-order valence-electron chi connectivity index (χ2n) is 10.6. The number of benzene rings is 1. The van der Waals surface area contributed by atoms with Crippen molar-refractivity contribution in [3.8, 4) is 11.3 Å². The molecule has 1 fully saturated rings. The van der Waals surface area contributed by atoms with Crippen molar-refractivity contribution >= 4 is 26.4 Å². The Labute approximate surface area is 211 Å². The van der Waals surface area contributed by atoms with Gasteiger partial charge in [-0.1, -0.05) is 19.9 Å². The normalized spacial score (nSPS) is 17.6. The zero-order valence-corrected chi connectivity index (χ0v) is 21.9. The van der Waals surface area contributed by atoms with Gasteiger partial charge in [-0.3, -0.25) is 0 Å². The second-order valence-corrected chi connectivity index (χ2v) is 12.9. The van der Waals surface area contributed by atoms with E-state index in [1.165, 1.54) is 28.3 Å². The number of nitrogens with one attached hydrogen (secondary N) is 1. The van der Waals surface area contributed by atoms with Gasteiger partial charge >= 0.3 is 0 Å². The monoisotopic (exact) mass is 507 g/mol. The van der Waals surface area contributed by atoms with Crippen LogP contribution in [0.2, 0.25) is 0 Å².